The van der Waals surface area contributed by atoms with Crippen molar-refractivity contribution in [3.8, 4) is 11.1 Å². The summed E-state index contributed by atoms with van der Waals surface area (Å²) in [4.78, 5) is 10.5. The molecule has 0 saturated carbocycles. The van der Waals surface area contributed by atoms with Crippen LogP contribution in [0.3, 0.4) is 0 Å². The molecule has 0 atom stereocenters. The number of aliphatic carboxylic acids is 1. The highest BCUT2D eigenvalue weighted by Crippen LogP contribution is 2.31. The van der Waals surface area contributed by atoms with Gasteiger partial charge in [-0.15, -0.1) is 0 Å². The second-order valence-corrected chi connectivity index (χ2v) is 4.88. The van der Waals surface area contributed by atoms with Crippen LogP contribution in [0.25, 0.3) is 11.1 Å². The maximum absolute atomic E-state index is 13.5. The van der Waals surface area contributed by atoms with Crippen LogP contribution in [-0.2, 0) is 11.2 Å². The Hall–Kier alpha value is -2.07. The predicted molar refractivity (Wildman–Crippen MR) is 77.2 cm³/mol. The van der Waals surface area contributed by atoms with Crippen LogP contribution in [0, 0.1) is 5.82 Å². The molecule has 0 spiro atoms. The van der Waals surface area contributed by atoms with E-state index in [4.69, 9.17) is 22.4 Å². The number of halogens is 2. The van der Waals surface area contributed by atoms with Gasteiger partial charge in [0.1, 0.15) is 5.82 Å². The van der Waals surface area contributed by atoms with Crippen molar-refractivity contribution in [2.45, 2.75) is 12.8 Å². The lowest BCUT2D eigenvalue weighted by atomic mass is 10.0. The third kappa shape index (κ3) is 3.27. The van der Waals surface area contributed by atoms with Gasteiger partial charge in [0.2, 0.25) is 0 Å². The molecule has 0 aliphatic rings. The van der Waals surface area contributed by atoms with Crippen molar-refractivity contribution in [3.63, 3.8) is 0 Å². The van der Waals surface area contributed by atoms with Gasteiger partial charge in [-0.2, -0.15) is 0 Å². The van der Waals surface area contributed by atoms with Gasteiger partial charge in [-0.1, -0.05) is 35.9 Å². The molecule has 0 aromatic heterocycles. The highest BCUT2D eigenvalue weighted by atomic mass is 35.5. The molecule has 5 heteroatoms. The average molecular weight is 294 g/mol. The summed E-state index contributed by atoms with van der Waals surface area (Å²) in [5, 5.41) is 8.91. The summed E-state index contributed by atoms with van der Waals surface area (Å²) >= 11 is 5.83. The van der Waals surface area contributed by atoms with Crippen molar-refractivity contribution >= 4 is 23.3 Å². The van der Waals surface area contributed by atoms with E-state index in [9.17, 15) is 9.18 Å². The van der Waals surface area contributed by atoms with Crippen molar-refractivity contribution in [3.05, 3.63) is 52.8 Å². The van der Waals surface area contributed by atoms with Crippen LogP contribution in [-0.4, -0.2) is 11.1 Å². The first-order valence-corrected chi connectivity index (χ1v) is 6.41. The molecule has 3 nitrogen and oxygen atoms in total. The van der Waals surface area contributed by atoms with Crippen LogP contribution < -0.4 is 5.73 Å². The van der Waals surface area contributed by atoms with Crippen molar-refractivity contribution in [2.24, 2.45) is 0 Å². The number of hydrogen-bond acceptors (Lipinski definition) is 2. The molecule has 104 valence electrons. The number of rotatable bonds is 4. The molecule has 2 aromatic rings. The lowest BCUT2D eigenvalue weighted by molar-refractivity contribution is -0.136. The van der Waals surface area contributed by atoms with Crippen LogP contribution >= 0.6 is 11.6 Å². The van der Waals surface area contributed by atoms with Crippen LogP contribution in [0.1, 0.15) is 12.0 Å². The molecule has 0 fully saturated rings. The van der Waals surface area contributed by atoms with Crippen LogP contribution in [0.4, 0.5) is 10.1 Å². The standard InChI is InChI=1S/C15H13ClFNO2/c16-11-7-12(15(18)13(17)8-11)10-4-1-9(2-5-10)3-6-14(19)20/h1-2,4-5,7-8H,3,6,18H2,(H,19,20). The highest BCUT2D eigenvalue weighted by molar-refractivity contribution is 6.31. The molecule has 0 aliphatic carbocycles. The SMILES string of the molecule is Nc1c(F)cc(Cl)cc1-c1ccc(CCC(=O)O)cc1. The minimum absolute atomic E-state index is 0.0488. The summed E-state index contributed by atoms with van der Waals surface area (Å²) in [6.07, 6.45) is 0.530. The smallest absolute Gasteiger partial charge is 0.303 e. The van der Waals surface area contributed by atoms with E-state index >= 15 is 0 Å². The molecule has 0 saturated heterocycles. The molecule has 0 amide bonds. The second-order valence-electron chi connectivity index (χ2n) is 4.44. The summed E-state index contributed by atoms with van der Waals surface area (Å²) in [6, 6.07) is 9.93. The third-order valence-corrected chi connectivity index (χ3v) is 3.21. The molecule has 0 radical (unpaired) electrons. The van der Waals surface area contributed by atoms with E-state index in [0.29, 0.717) is 12.0 Å². The Labute approximate surface area is 120 Å². The van der Waals surface area contributed by atoms with Gasteiger partial charge in [0, 0.05) is 17.0 Å². The molecule has 0 heterocycles. The Balaban J connectivity index is 2.28. The van der Waals surface area contributed by atoms with E-state index in [0.717, 1.165) is 11.1 Å². The molecule has 2 aromatic carbocycles. The first kappa shape index (κ1) is 14.3. The van der Waals surface area contributed by atoms with Gasteiger partial charge in [0.15, 0.2) is 0 Å². The number of carboxylic acid groups (broad SMARTS) is 1. The monoisotopic (exact) mass is 293 g/mol. The zero-order chi connectivity index (χ0) is 14.7. The number of benzene rings is 2. The average Bonchev–Trinajstić information content (AvgIpc) is 2.41. The number of carbonyl (C=O) groups is 1. The molecule has 20 heavy (non-hydrogen) atoms. The Morgan fingerprint density at radius 1 is 1.25 bits per heavy atom. The molecule has 2 rings (SSSR count). The highest BCUT2D eigenvalue weighted by Gasteiger charge is 2.09. The molecule has 0 bridgehead atoms. The van der Waals surface area contributed by atoms with E-state index < -0.39 is 11.8 Å². The summed E-state index contributed by atoms with van der Waals surface area (Å²) in [7, 11) is 0. The number of hydrogen-bond donors (Lipinski definition) is 2. The third-order valence-electron chi connectivity index (χ3n) is 2.99. The minimum atomic E-state index is -0.838. The largest absolute Gasteiger partial charge is 0.481 e. The zero-order valence-corrected chi connectivity index (χ0v) is 11.3. The van der Waals surface area contributed by atoms with Crippen molar-refractivity contribution < 1.29 is 14.3 Å². The molecule has 3 N–H and O–H groups in total. The topological polar surface area (TPSA) is 63.3 Å². The fourth-order valence-corrected chi connectivity index (χ4v) is 2.13. The normalized spacial score (nSPS) is 10.5. The van der Waals surface area contributed by atoms with Crippen LogP contribution in [0.2, 0.25) is 5.02 Å². The summed E-state index contributed by atoms with van der Waals surface area (Å²) in [5.74, 6) is -1.39. The fourth-order valence-electron chi connectivity index (χ4n) is 1.93. The van der Waals surface area contributed by atoms with Crippen molar-refractivity contribution in [1.82, 2.24) is 0 Å². The predicted octanol–water partition coefficient (Wildman–Crippen LogP) is 3.75. The first-order valence-electron chi connectivity index (χ1n) is 6.03. The Morgan fingerprint density at radius 3 is 2.50 bits per heavy atom. The number of carboxylic acids is 1. The van der Waals surface area contributed by atoms with E-state index in [1.807, 2.05) is 0 Å². The maximum atomic E-state index is 13.5. The number of nitrogens with two attached hydrogens (primary N) is 1. The van der Waals surface area contributed by atoms with Gasteiger partial charge in [-0.3, -0.25) is 4.79 Å². The van der Waals surface area contributed by atoms with E-state index in [2.05, 4.69) is 0 Å². The number of anilines is 1. The minimum Gasteiger partial charge on any atom is -0.481 e. The zero-order valence-electron chi connectivity index (χ0n) is 10.6. The van der Waals surface area contributed by atoms with Gasteiger partial charge < -0.3 is 10.8 Å². The molecule has 0 aliphatic heterocycles. The molecule has 0 unspecified atom stereocenters. The summed E-state index contributed by atoms with van der Waals surface area (Å²) in [5.41, 5.74) is 7.92. The Kier molecular flexibility index (Phi) is 4.25. The summed E-state index contributed by atoms with van der Waals surface area (Å²) < 4.78 is 13.5. The van der Waals surface area contributed by atoms with Gasteiger partial charge in [-0.25, -0.2) is 4.39 Å². The second kappa shape index (κ2) is 5.92. The van der Waals surface area contributed by atoms with E-state index in [1.165, 1.54) is 6.07 Å². The van der Waals surface area contributed by atoms with Crippen molar-refractivity contribution in [2.75, 3.05) is 5.73 Å². The van der Waals surface area contributed by atoms with Gasteiger partial charge in [-0.05, 0) is 29.7 Å². The molecular formula is C15H13ClFNO2. The fraction of sp³-hybridized carbons (Fsp3) is 0.133. The maximum Gasteiger partial charge on any atom is 0.303 e. The Morgan fingerprint density at radius 2 is 1.90 bits per heavy atom. The lowest BCUT2D eigenvalue weighted by Crippen LogP contribution is -1.98. The van der Waals surface area contributed by atoms with Gasteiger partial charge in [0.05, 0.1) is 5.69 Å². The van der Waals surface area contributed by atoms with Crippen LogP contribution in [0.15, 0.2) is 36.4 Å². The first-order chi connectivity index (χ1) is 9.47. The lowest BCUT2D eigenvalue weighted by Gasteiger charge is -2.08. The van der Waals surface area contributed by atoms with Crippen LogP contribution in [0.5, 0.6) is 0 Å². The quantitative estimate of drug-likeness (QED) is 0.844. The Bertz CT molecular complexity index is 641. The molecular weight excluding hydrogens is 281 g/mol. The number of nitrogen functional groups attached to an aromatic ring is 1. The van der Waals surface area contributed by atoms with Gasteiger partial charge >= 0.3 is 5.97 Å². The number of aryl methyl sites for hydroxylation is 1. The van der Waals surface area contributed by atoms with Gasteiger partial charge in [0.25, 0.3) is 0 Å². The van der Waals surface area contributed by atoms with E-state index in [1.54, 1.807) is 30.3 Å². The van der Waals surface area contributed by atoms with Crippen molar-refractivity contribution in [1.29, 1.82) is 0 Å². The summed E-state index contributed by atoms with van der Waals surface area (Å²) in [6.45, 7) is 0. The van der Waals surface area contributed by atoms with E-state index in [-0.39, 0.29) is 17.1 Å².